The van der Waals surface area contributed by atoms with Gasteiger partial charge in [-0.1, -0.05) is 36.4 Å². The standard InChI is InChI=1S/C19H22ClNO5/c1-11-8-7-9-12(2)14(11)15-16(26-18(23)13(3)20)19(4,5)21(17(15)22)25-10-24-6/h7-9H,3,10H2,1-2,4-6H3. The highest BCUT2D eigenvalue weighted by Crippen LogP contribution is 2.43. The molecular weight excluding hydrogens is 358 g/mol. The Balaban J connectivity index is 2.67. The molecule has 1 aliphatic heterocycles. The van der Waals surface area contributed by atoms with E-state index in [2.05, 4.69) is 6.58 Å². The van der Waals surface area contributed by atoms with Crippen molar-refractivity contribution in [2.75, 3.05) is 13.9 Å². The van der Waals surface area contributed by atoms with Gasteiger partial charge in [0.05, 0.1) is 5.57 Å². The van der Waals surface area contributed by atoms with Crippen LogP contribution in [0.15, 0.2) is 35.6 Å². The molecule has 1 aliphatic rings. The van der Waals surface area contributed by atoms with Crippen molar-refractivity contribution in [1.29, 1.82) is 0 Å². The maximum Gasteiger partial charge on any atom is 0.354 e. The fraction of sp³-hybridized carbons (Fsp3) is 0.368. The van der Waals surface area contributed by atoms with Crippen molar-refractivity contribution >= 4 is 29.1 Å². The predicted molar refractivity (Wildman–Crippen MR) is 97.8 cm³/mol. The number of amides is 1. The van der Waals surface area contributed by atoms with Crippen molar-refractivity contribution in [2.45, 2.75) is 33.2 Å². The molecule has 0 N–H and O–H groups in total. The lowest BCUT2D eigenvalue weighted by Gasteiger charge is -2.31. The Kier molecular flexibility index (Phi) is 5.91. The number of carbonyl (C=O) groups is 2. The molecule has 2 rings (SSSR count). The van der Waals surface area contributed by atoms with Crippen molar-refractivity contribution in [2.24, 2.45) is 0 Å². The van der Waals surface area contributed by atoms with Crippen LogP contribution >= 0.6 is 11.6 Å². The van der Waals surface area contributed by atoms with Gasteiger partial charge in [0, 0.05) is 7.11 Å². The molecular formula is C19H22ClNO5. The number of halogens is 1. The normalized spacial score (nSPS) is 16.2. The lowest BCUT2D eigenvalue weighted by atomic mass is 9.93. The van der Waals surface area contributed by atoms with E-state index in [-0.39, 0.29) is 23.2 Å². The molecule has 0 fully saturated rings. The molecule has 7 heteroatoms. The molecule has 0 aliphatic carbocycles. The summed E-state index contributed by atoms with van der Waals surface area (Å²) in [7, 11) is 1.45. The van der Waals surface area contributed by atoms with E-state index in [1.54, 1.807) is 13.8 Å². The number of esters is 1. The third-order valence-electron chi connectivity index (χ3n) is 4.14. The minimum Gasteiger partial charge on any atom is -0.423 e. The molecule has 0 atom stereocenters. The molecule has 0 spiro atoms. The first kappa shape index (κ1) is 20.2. The van der Waals surface area contributed by atoms with Gasteiger partial charge in [-0.25, -0.2) is 14.7 Å². The zero-order chi connectivity index (χ0) is 19.6. The van der Waals surface area contributed by atoms with E-state index in [9.17, 15) is 9.59 Å². The second-order valence-corrected chi connectivity index (χ2v) is 6.92. The molecule has 0 unspecified atom stereocenters. The zero-order valence-electron chi connectivity index (χ0n) is 15.5. The van der Waals surface area contributed by atoms with Gasteiger partial charge >= 0.3 is 5.97 Å². The van der Waals surface area contributed by atoms with Crippen molar-refractivity contribution in [3.05, 3.63) is 52.3 Å². The van der Waals surface area contributed by atoms with Crippen LogP contribution in [0.4, 0.5) is 0 Å². The fourth-order valence-electron chi connectivity index (χ4n) is 2.93. The number of methoxy groups -OCH3 is 1. The molecule has 1 heterocycles. The smallest absolute Gasteiger partial charge is 0.354 e. The number of nitrogens with zero attached hydrogens (tertiary/aromatic N) is 1. The third kappa shape index (κ3) is 3.53. The Hall–Kier alpha value is -2.15. The number of carbonyl (C=O) groups excluding carboxylic acids is 2. The van der Waals surface area contributed by atoms with E-state index < -0.39 is 17.4 Å². The number of ether oxygens (including phenoxy) is 2. The summed E-state index contributed by atoms with van der Waals surface area (Å²) in [6.45, 7) is 10.4. The van der Waals surface area contributed by atoms with E-state index in [0.29, 0.717) is 5.56 Å². The second kappa shape index (κ2) is 7.61. The van der Waals surface area contributed by atoms with Crippen LogP contribution in [0.3, 0.4) is 0 Å². The first-order valence-electron chi connectivity index (χ1n) is 7.97. The first-order valence-corrected chi connectivity index (χ1v) is 8.35. The summed E-state index contributed by atoms with van der Waals surface area (Å²) >= 11 is 5.67. The molecule has 26 heavy (non-hydrogen) atoms. The van der Waals surface area contributed by atoms with Crippen LogP contribution in [0, 0.1) is 13.8 Å². The molecule has 0 bridgehead atoms. The molecule has 0 aromatic heterocycles. The number of hydrogen-bond donors (Lipinski definition) is 0. The Morgan fingerprint density at radius 3 is 2.35 bits per heavy atom. The van der Waals surface area contributed by atoms with E-state index in [4.69, 9.17) is 25.9 Å². The van der Waals surface area contributed by atoms with Gasteiger partial charge in [-0.05, 0) is 44.4 Å². The van der Waals surface area contributed by atoms with E-state index in [0.717, 1.165) is 16.2 Å². The average molecular weight is 380 g/mol. The summed E-state index contributed by atoms with van der Waals surface area (Å²) in [5.74, 6) is -1.09. The number of benzene rings is 1. The number of hydrogen-bond acceptors (Lipinski definition) is 5. The highest BCUT2D eigenvalue weighted by Gasteiger charge is 2.50. The van der Waals surface area contributed by atoms with Gasteiger partial charge in [-0.2, -0.15) is 0 Å². The maximum atomic E-state index is 13.1. The van der Waals surface area contributed by atoms with Crippen molar-refractivity contribution in [1.82, 2.24) is 5.06 Å². The van der Waals surface area contributed by atoms with Gasteiger partial charge < -0.3 is 9.47 Å². The van der Waals surface area contributed by atoms with Crippen LogP contribution < -0.4 is 0 Å². The van der Waals surface area contributed by atoms with Crippen LogP contribution in [0.2, 0.25) is 0 Å². The summed E-state index contributed by atoms with van der Waals surface area (Å²) in [4.78, 5) is 30.7. The molecule has 1 aromatic carbocycles. The van der Waals surface area contributed by atoms with Gasteiger partial charge in [0.2, 0.25) is 0 Å². The van der Waals surface area contributed by atoms with Crippen LogP contribution in [0.25, 0.3) is 5.57 Å². The summed E-state index contributed by atoms with van der Waals surface area (Å²) in [6, 6.07) is 5.66. The van der Waals surface area contributed by atoms with Crippen LogP contribution in [-0.2, 0) is 23.9 Å². The Morgan fingerprint density at radius 2 is 1.85 bits per heavy atom. The molecule has 1 amide bonds. The Morgan fingerprint density at radius 1 is 1.27 bits per heavy atom. The minimum absolute atomic E-state index is 0.126. The predicted octanol–water partition coefficient (Wildman–Crippen LogP) is 3.47. The lowest BCUT2D eigenvalue weighted by Crippen LogP contribution is -2.44. The first-order chi connectivity index (χ1) is 12.1. The topological polar surface area (TPSA) is 65.1 Å². The highest BCUT2D eigenvalue weighted by atomic mass is 35.5. The van der Waals surface area contributed by atoms with Crippen LogP contribution in [0.5, 0.6) is 0 Å². The second-order valence-electron chi connectivity index (χ2n) is 6.46. The Bertz CT molecular complexity index is 777. The molecule has 0 radical (unpaired) electrons. The molecule has 6 nitrogen and oxygen atoms in total. The maximum absolute atomic E-state index is 13.1. The lowest BCUT2D eigenvalue weighted by molar-refractivity contribution is -0.239. The van der Waals surface area contributed by atoms with Gasteiger partial charge in [0.15, 0.2) is 6.79 Å². The summed E-state index contributed by atoms with van der Waals surface area (Å²) in [5.41, 5.74) is 1.64. The molecule has 0 saturated heterocycles. The van der Waals surface area contributed by atoms with Gasteiger partial charge in [-0.3, -0.25) is 4.79 Å². The minimum atomic E-state index is -1.05. The van der Waals surface area contributed by atoms with Crippen molar-refractivity contribution in [3.8, 4) is 0 Å². The van der Waals surface area contributed by atoms with Crippen molar-refractivity contribution < 1.29 is 23.9 Å². The van der Waals surface area contributed by atoms with E-state index in [1.165, 1.54) is 7.11 Å². The Labute approximate surface area is 157 Å². The van der Waals surface area contributed by atoms with Gasteiger partial charge in [0.1, 0.15) is 16.3 Å². The summed E-state index contributed by atoms with van der Waals surface area (Å²) < 4.78 is 10.4. The largest absolute Gasteiger partial charge is 0.423 e. The van der Waals surface area contributed by atoms with Crippen LogP contribution in [-0.4, -0.2) is 36.4 Å². The third-order valence-corrected chi connectivity index (χ3v) is 4.29. The summed E-state index contributed by atoms with van der Waals surface area (Å²) in [5, 5.41) is 0.870. The monoisotopic (exact) mass is 379 g/mol. The van der Waals surface area contributed by atoms with Crippen molar-refractivity contribution in [3.63, 3.8) is 0 Å². The van der Waals surface area contributed by atoms with Crippen LogP contribution in [0.1, 0.15) is 30.5 Å². The quantitative estimate of drug-likeness (QED) is 0.430. The zero-order valence-corrected chi connectivity index (χ0v) is 16.3. The van der Waals surface area contributed by atoms with Gasteiger partial charge in [-0.15, -0.1) is 0 Å². The molecule has 0 saturated carbocycles. The fourth-order valence-corrected chi connectivity index (χ4v) is 2.97. The van der Waals surface area contributed by atoms with E-state index in [1.807, 2.05) is 32.0 Å². The molecule has 1 aromatic rings. The van der Waals surface area contributed by atoms with Gasteiger partial charge in [0.25, 0.3) is 5.91 Å². The number of aryl methyl sites for hydroxylation is 2. The summed E-state index contributed by atoms with van der Waals surface area (Å²) in [6.07, 6.45) is 0. The molecule has 140 valence electrons. The SMILES string of the molecule is C=C(Cl)C(=O)OC1=C(c2c(C)cccc2C)C(=O)N(OCOC)C1(C)C. The highest BCUT2D eigenvalue weighted by molar-refractivity contribution is 6.41. The van der Waals surface area contributed by atoms with E-state index >= 15 is 0 Å². The average Bonchev–Trinajstić information content (AvgIpc) is 2.73. The number of rotatable bonds is 6. The number of hydroxylamine groups is 2.